The van der Waals surface area contributed by atoms with Gasteiger partial charge in [0.1, 0.15) is 18.2 Å². The zero-order valence-electron chi connectivity index (χ0n) is 21.0. The van der Waals surface area contributed by atoms with Gasteiger partial charge in [0.25, 0.3) is 0 Å². The number of benzene rings is 1. The molecule has 2 aromatic rings. The van der Waals surface area contributed by atoms with Crippen molar-refractivity contribution in [2.24, 2.45) is 0 Å². The standard InChI is InChI=1S/C25H35N5O5/c1-5-14-28(24(32)35-25(2,3)4)15-13-21-26-27-22(34-21)20-12-11-19-16-29(20)23(31)30(19)33-17-18-9-7-6-8-10-18/h6-10,19-20H,5,11-17H2,1-4H3. The van der Waals surface area contributed by atoms with Crippen molar-refractivity contribution < 1.29 is 23.6 Å². The van der Waals surface area contributed by atoms with E-state index in [-0.39, 0.29) is 24.2 Å². The molecule has 2 aliphatic heterocycles. The van der Waals surface area contributed by atoms with Gasteiger partial charge in [-0.05, 0) is 45.6 Å². The minimum atomic E-state index is -0.555. The summed E-state index contributed by atoms with van der Waals surface area (Å²) in [6.07, 6.45) is 2.40. The largest absolute Gasteiger partial charge is 0.444 e. The summed E-state index contributed by atoms with van der Waals surface area (Å²) in [6, 6.07) is 9.36. The van der Waals surface area contributed by atoms with E-state index in [0.29, 0.717) is 44.4 Å². The molecule has 4 rings (SSSR count). The number of aromatic nitrogens is 2. The molecule has 2 fully saturated rings. The minimum absolute atomic E-state index is 0.0151. The molecule has 0 spiro atoms. The molecular weight excluding hydrogens is 450 g/mol. The van der Waals surface area contributed by atoms with Gasteiger partial charge in [-0.2, -0.15) is 5.06 Å². The van der Waals surface area contributed by atoms with Gasteiger partial charge in [0.2, 0.25) is 11.8 Å². The van der Waals surface area contributed by atoms with E-state index in [4.69, 9.17) is 14.0 Å². The van der Waals surface area contributed by atoms with Crippen LogP contribution < -0.4 is 0 Å². The molecule has 2 saturated heterocycles. The summed E-state index contributed by atoms with van der Waals surface area (Å²) >= 11 is 0. The first-order chi connectivity index (χ1) is 16.7. The lowest BCUT2D eigenvalue weighted by molar-refractivity contribution is -0.140. The maximum absolute atomic E-state index is 13.1. The Labute approximate surface area is 206 Å². The Balaban J connectivity index is 1.34. The van der Waals surface area contributed by atoms with Crippen LogP contribution in [0.15, 0.2) is 34.7 Å². The summed E-state index contributed by atoms with van der Waals surface area (Å²) in [5.74, 6) is 0.867. The molecule has 2 bridgehead atoms. The number of rotatable bonds is 9. The van der Waals surface area contributed by atoms with Crippen LogP contribution in [-0.4, -0.2) is 68.5 Å². The fourth-order valence-corrected chi connectivity index (χ4v) is 4.40. The Bertz CT molecular complexity index is 1010. The highest BCUT2D eigenvalue weighted by Gasteiger charge is 2.47. The summed E-state index contributed by atoms with van der Waals surface area (Å²) in [7, 11) is 0. The number of nitrogens with zero attached hydrogens (tertiary/aromatic N) is 5. The Morgan fingerprint density at radius 2 is 1.94 bits per heavy atom. The predicted molar refractivity (Wildman–Crippen MR) is 127 cm³/mol. The molecular formula is C25H35N5O5. The van der Waals surface area contributed by atoms with Crippen LogP contribution >= 0.6 is 0 Å². The van der Waals surface area contributed by atoms with E-state index in [0.717, 1.165) is 24.8 Å². The van der Waals surface area contributed by atoms with Crippen molar-refractivity contribution in [2.75, 3.05) is 19.6 Å². The van der Waals surface area contributed by atoms with Gasteiger partial charge in [0.05, 0.1) is 6.04 Å². The third-order valence-electron chi connectivity index (χ3n) is 6.04. The lowest BCUT2D eigenvalue weighted by Gasteiger charge is -2.27. The predicted octanol–water partition coefficient (Wildman–Crippen LogP) is 4.33. The molecule has 190 valence electrons. The number of hydrogen-bond acceptors (Lipinski definition) is 7. The Kier molecular flexibility index (Phi) is 7.59. The normalized spacial score (nSPS) is 19.8. The van der Waals surface area contributed by atoms with Crippen LogP contribution in [0, 0.1) is 0 Å². The van der Waals surface area contributed by atoms with Gasteiger partial charge in [-0.3, -0.25) is 4.84 Å². The zero-order chi connectivity index (χ0) is 25.0. The average Bonchev–Trinajstić information content (AvgIpc) is 3.38. The van der Waals surface area contributed by atoms with Crippen molar-refractivity contribution in [1.29, 1.82) is 0 Å². The third kappa shape index (κ3) is 6.11. The summed E-state index contributed by atoms with van der Waals surface area (Å²) in [4.78, 5) is 34.8. The quantitative estimate of drug-likeness (QED) is 0.521. The van der Waals surface area contributed by atoms with Crippen LogP contribution in [0.1, 0.15) is 70.3 Å². The van der Waals surface area contributed by atoms with Crippen LogP contribution in [0.4, 0.5) is 9.59 Å². The highest BCUT2D eigenvalue weighted by Crippen LogP contribution is 2.38. The van der Waals surface area contributed by atoms with E-state index in [9.17, 15) is 9.59 Å². The lowest BCUT2D eigenvalue weighted by Crippen LogP contribution is -2.38. The molecule has 2 atom stereocenters. The summed E-state index contributed by atoms with van der Waals surface area (Å²) in [6.45, 7) is 9.47. The molecule has 1 aromatic carbocycles. The summed E-state index contributed by atoms with van der Waals surface area (Å²) < 4.78 is 11.4. The van der Waals surface area contributed by atoms with Gasteiger partial charge in [-0.25, -0.2) is 9.59 Å². The first-order valence-corrected chi connectivity index (χ1v) is 12.3. The maximum Gasteiger partial charge on any atom is 0.410 e. The number of hydroxylamine groups is 2. The maximum atomic E-state index is 13.1. The van der Waals surface area contributed by atoms with Crippen molar-refractivity contribution in [2.45, 2.75) is 77.7 Å². The van der Waals surface area contributed by atoms with Crippen molar-refractivity contribution >= 4 is 12.1 Å². The van der Waals surface area contributed by atoms with Crippen molar-refractivity contribution in [3.05, 3.63) is 47.7 Å². The number of ether oxygens (including phenoxy) is 1. The Hall–Kier alpha value is -3.14. The molecule has 0 aliphatic carbocycles. The smallest absolute Gasteiger partial charge is 0.410 e. The number of amides is 3. The number of fused-ring (bicyclic) bond motifs is 2. The highest BCUT2D eigenvalue weighted by atomic mass is 16.7. The molecule has 0 radical (unpaired) electrons. The van der Waals surface area contributed by atoms with Gasteiger partial charge in [0, 0.05) is 26.1 Å². The van der Waals surface area contributed by atoms with Crippen LogP contribution in [0.2, 0.25) is 0 Å². The molecule has 3 amide bonds. The number of carbonyl (C=O) groups is 2. The number of carbonyl (C=O) groups excluding carboxylic acids is 2. The van der Waals surface area contributed by atoms with Crippen LogP contribution in [-0.2, 0) is 22.6 Å². The second-order valence-corrected chi connectivity index (χ2v) is 10.0. The Morgan fingerprint density at radius 3 is 2.66 bits per heavy atom. The van der Waals surface area contributed by atoms with Crippen LogP contribution in [0.25, 0.3) is 0 Å². The molecule has 10 heteroatoms. The minimum Gasteiger partial charge on any atom is -0.444 e. The van der Waals surface area contributed by atoms with E-state index < -0.39 is 5.60 Å². The second kappa shape index (κ2) is 10.6. The molecule has 1 aromatic heterocycles. The van der Waals surface area contributed by atoms with Gasteiger partial charge in [-0.15, -0.1) is 10.2 Å². The lowest BCUT2D eigenvalue weighted by atomic mass is 10.0. The van der Waals surface area contributed by atoms with Gasteiger partial charge < -0.3 is 19.0 Å². The average molecular weight is 486 g/mol. The molecule has 0 saturated carbocycles. The SMILES string of the molecule is CCCN(CCc1nnc(C2CCC3CN2C(=O)N3OCc2ccccc2)o1)C(=O)OC(C)(C)C. The van der Waals surface area contributed by atoms with Crippen molar-refractivity contribution in [3.63, 3.8) is 0 Å². The van der Waals surface area contributed by atoms with Gasteiger partial charge in [-0.1, -0.05) is 37.3 Å². The molecule has 35 heavy (non-hydrogen) atoms. The topological polar surface area (TPSA) is 101 Å². The number of urea groups is 1. The Morgan fingerprint density at radius 1 is 1.17 bits per heavy atom. The van der Waals surface area contributed by atoms with Gasteiger partial charge in [0.15, 0.2) is 0 Å². The third-order valence-corrected chi connectivity index (χ3v) is 6.04. The molecule has 2 aliphatic rings. The number of hydrogen-bond donors (Lipinski definition) is 0. The van der Waals surface area contributed by atoms with Crippen LogP contribution in [0.5, 0.6) is 0 Å². The molecule has 2 unspecified atom stereocenters. The molecule has 10 nitrogen and oxygen atoms in total. The van der Waals surface area contributed by atoms with Gasteiger partial charge >= 0.3 is 12.1 Å². The van der Waals surface area contributed by atoms with E-state index in [1.807, 2.05) is 58.0 Å². The van der Waals surface area contributed by atoms with Crippen LogP contribution in [0.3, 0.4) is 0 Å². The van der Waals surface area contributed by atoms with E-state index in [1.54, 1.807) is 9.80 Å². The van der Waals surface area contributed by atoms with Crippen molar-refractivity contribution in [1.82, 2.24) is 25.1 Å². The first-order valence-electron chi connectivity index (χ1n) is 12.3. The fraction of sp³-hybridized carbons (Fsp3) is 0.600. The van der Waals surface area contributed by atoms with Crippen molar-refractivity contribution in [3.8, 4) is 0 Å². The molecule has 0 N–H and O–H groups in total. The van der Waals surface area contributed by atoms with E-state index >= 15 is 0 Å². The highest BCUT2D eigenvalue weighted by molar-refractivity contribution is 5.77. The first kappa shape index (κ1) is 25.0. The summed E-state index contributed by atoms with van der Waals surface area (Å²) in [5, 5.41) is 9.91. The second-order valence-electron chi connectivity index (χ2n) is 10.0. The monoisotopic (exact) mass is 485 g/mol. The summed E-state index contributed by atoms with van der Waals surface area (Å²) in [5.41, 5.74) is 0.457. The van der Waals surface area contributed by atoms with E-state index in [1.165, 1.54) is 5.06 Å². The number of piperidine rings is 1. The van der Waals surface area contributed by atoms with E-state index in [2.05, 4.69) is 10.2 Å². The zero-order valence-corrected chi connectivity index (χ0v) is 21.0. The molecule has 3 heterocycles. The fourth-order valence-electron chi connectivity index (χ4n) is 4.40.